The molecule has 4 rings (SSSR count). The highest BCUT2D eigenvalue weighted by Crippen LogP contribution is 2.24. The van der Waals surface area contributed by atoms with Gasteiger partial charge in [-0.3, -0.25) is 14.8 Å². The van der Waals surface area contributed by atoms with Gasteiger partial charge in [0.15, 0.2) is 0 Å². The van der Waals surface area contributed by atoms with Crippen molar-refractivity contribution < 1.29 is 9.53 Å². The lowest BCUT2D eigenvalue weighted by molar-refractivity contribution is 0.00174. The van der Waals surface area contributed by atoms with E-state index in [2.05, 4.69) is 30.6 Å². The molecule has 0 radical (unpaired) electrons. The molecule has 0 spiro atoms. The fourth-order valence-corrected chi connectivity index (χ4v) is 2.64. The predicted molar refractivity (Wildman–Crippen MR) is 86.2 cm³/mol. The maximum atomic E-state index is 12.0. The van der Waals surface area contributed by atoms with E-state index in [4.69, 9.17) is 4.74 Å². The Hall–Kier alpha value is -3.20. The fraction of sp³-hybridized carbons (Fsp3) is 0.250. The van der Waals surface area contributed by atoms with Crippen LogP contribution in [0, 0.1) is 0 Å². The highest BCUT2D eigenvalue weighted by atomic mass is 16.5. The number of rotatable bonds is 4. The first-order valence-corrected chi connectivity index (χ1v) is 7.80. The summed E-state index contributed by atoms with van der Waals surface area (Å²) in [4.78, 5) is 23.9. The molecule has 25 heavy (non-hydrogen) atoms. The van der Waals surface area contributed by atoms with Gasteiger partial charge in [-0.15, -0.1) is 5.10 Å². The predicted octanol–water partition coefficient (Wildman–Crippen LogP) is 0.459. The molecule has 1 N–H and O–H groups in total. The minimum absolute atomic E-state index is 0.180. The second-order valence-corrected chi connectivity index (χ2v) is 5.54. The molecule has 9 nitrogen and oxygen atoms in total. The van der Waals surface area contributed by atoms with Gasteiger partial charge >= 0.3 is 0 Å². The Morgan fingerprint density at radius 3 is 2.92 bits per heavy atom. The van der Waals surface area contributed by atoms with Crippen LogP contribution < -0.4 is 5.32 Å². The number of nitrogens with one attached hydrogen (secondary N) is 1. The topological polar surface area (TPSA) is 108 Å². The van der Waals surface area contributed by atoms with Gasteiger partial charge in [0.05, 0.1) is 31.1 Å². The lowest BCUT2D eigenvalue weighted by atomic mass is 10.1. The van der Waals surface area contributed by atoms with Crippen molar-refractivity contribution >= 4 is 5.91 Å². The number of carbonyl (C=O) groups is 1. The number of fused-ring (bicyclic) bond motifs is 1. The van der Waals surface area contributed by atoms with Crippen molar-refractivity contribution in [1.29, 1.82) is 0 Å². The molecule has 3 aromatic heterocycles. The van der Waals surface area contributed by atoms with E-state index in [1.807, 2.05) is 16.8 Å². The molecule has 0 aliphatic carbocycles. The summed E-state index contributed by atoms with van der Waals surface area (Å²) < 4.78 is 7.66. The summed E-state index contributed by atoms with van der Waals surface area (Å²) in [6, 6.07) is 3.77. The quantitative estimate of drug-likeness (QED) is 0.737. The molecular formula is C16H15N7O2. The van der Waals surface area contributed by atoms with Crippen LogP contribution in [0.3, 0.4) is 0 Å². The zero-order chi connectivity index (χ0) is 17.1. The largest absolute Gasteiger partial charge is 0.368 e. The minimum atomic E-state index is -0.279. The number of amides is 1. The van der Waals surface area contributed by atoms with Gasteiger partial charge < -0.3 is 10.1 Å². The van der Waals surface area contributed by atoms with Gasteiger partial charge in [-0.1, -0.05) is 5.21 Å². The molecule has 1 aliphatic heterocycles. The van der Waals surface area contributed by atoms with Gasteiger partial charge in [0, 0.05) is 36.9 Å². The summed E-state index contributed by atoms with van der Waals surface area (Å²) in [6.07, 6.45) is 7.68. The molecule has 1 unspecified atom stereocenters. The van der Waals surface area contributed by atoms with E-state index in [0.29, 0.717) is 19.7 Å². The highest BCUT2D eigenvalue weighted by Gasteiger charge is 2.24. The smallest absolute Gasteiger partial charge is 0.271 e. The van der Waals surface area contributed by atoms with Crippen LogP contribution in [0.25, 0.3) is 11.3 Å². The Morgan fingerprint density at radius 2 is 2.12 bits per heavy atom. The second-order valence-electron chi connectivity index (χ2n) is 5.54. The average Bonchev–Trinajstić information content (AvgIpc) is 3.10. The number of hydrogen-bond acceptors (Lipinski definition) is 7. The van der Waals surface area contributed by atoms with Gasteiger partial charge in [0.25, 0.3) is 5.91 Å². The summed E-state index contributed by atoms with van der Waals surface area (Å²) in [5.41, 5.74) is 2.95. The number of carbonyl (C=O) groups excluding carboxylic acids is 1. The molecule has 126 valence electrons. The van der Waals surface area contributed by atoms with Crippen LogP contribution in [-0.4, -0.2) is 48.5 Å². The molecule has 0 aromatic carbocycles. The summed E-state index contributed by atoms with van der Waals surface area (Å²) in [6.45, 7) is 1.27. The molecule has 0 fully saturated rings. The van der Waals surface area contributed by atoms with Crippen molar-refractivity contribution in [1.82, 2.24) is 35.3 Å². The summed E-state index contributed by atoms with van der Waals surface area (Å²) in [5.74, 6) is -0.279. The monoisotopic (exact) mass is 337 g/mol. The van der Waals surface area contributed by atoms with E-state index < -0.39 is 0 Å². The number of hydrogen-bond donors (Lipinski definition) is 1. The maximum Gasteiger partial charge on any atom is 0.271 e. The highest BCUT2D eigenvalue weighted by molar-refractivity contribution is 5.91. The van der Waals surface area contributed by atoms with Crippen LogP contribution >= 0.6 is 0 Å². The van der Waals surface area contributed by atoms with Gasteiger partial charge in [-0.05, 0) is 12.1 Å². The normalized spacial score (nSPS) is 16.2. The molecule has 4 heterocycles. The molecule has 0 saturated heterocycles. The zero-order valence-electron chi connectivity index (χ0n) is 13.2. The molecular weight excluding hydrogens is 322 g/mol. The third-order valence-corrected chi connectivity index (χ3v) is 3.91. The molecule has 9 heteroatoms. The van der Waals surface area contributed by atoms with Crippen LogP contribution in [0.1, 0.15) is 16.2 Å². The van der Waals surface area contributed by atoms with Crippen molar-refractivity contribution in [2.75, 3.05) is 6.54 Å². The van der Waals surface area contributed by atoms with Crippen molar-refractivity contribution in [3.8, 4) is 11.3 Å². The van der Waals surface area contributed by atoms with E-state index in [9.17, 15) is 4.79 Å². The SMILES string of the molecule is O=C(NCC1Cn2nnc(-c3ccncc3)c2CO1)c1cnccn1. The Labute approximate surface area is 143 Å². The first-order valence-electron chi connectivity index (χ1n) is 7.80. The van der Waals surface area contributed by atoms with Crippen molar-refractivity contribution in [2.45, 2.75) is 19.3 Å². The van der Waals surface area contributed by atoms with Gasteiger partial charge in [-0.25, -0.2) is 9.67 Å². The molecule has 1 amide bonds. The van der Waals surface area contributed by atoms with E-state index in [-0.39, 0.29) is 17.7 Å². The summed E-state index contributed by atoms with van der Waals surface area (Å²) in [5, 5.41) is 11.2. The number of nitrogens with zero attached hydrogens (tertiary/aromatic N) is 6. The molecule has 1 aliphatic rings. The van der Waals surface area contributed by atoms with E-state index in [1.165, 1.54) is 18.6 Å². The Balaban J connectivity index is 1.41. The van der Waals surface area contributed by atoms with Gasteiger partial charge in [-0.2, -0.15) is 0 Å². The van der Waals surface area contributed by atoms with Crippen LogP contribution in [-0.2, 0) is 17.9 Å². The fourth-order valence-electron chi connectivity index (χ4n) is 2.64. The lowest BCUT2D eigenvalue weighted by Crippen LogP contribution is -2.39. The van der Waals surface area contributed by atoms with E-state index in [0.717, 1.165) is 17.0 Å². The standard InChI is InChI=1S/C16H15N7O2/c24-16(13-8-18-5-6-19-13)20-7-12-9-23-14(10-25-12)15(21-22-23)11-1-3-17-4-2-11/h1-6,8,12H,7,9-10H2,(H,20,24). The average molecular weight is 337 g/mol. The van der Waals surface area contributed by atoms with Crippen LogP contribution in [0.2, 0.25) is 0 Å². The third-order valence-electron chi connectivity index (χ3n) is 3.91. The van der Waals surface area contributed by atoms with Crippen LogP contribution in [0.5, 0.6) is 0 Å². The molecule has 3 aromatic rings. The van der Waals surface area contributed by atoms with Crippen molar-refractivity contribution in [3.63, 3.8) is 0 Å². The molecule has 0 saturated carbocycles. The van der Waals surface area contributed by atoms with E-state index >= 15 is 0 Å². The lowest BCUT2D eigenvalue weighted by Gasteiger charge is -2.24. The second kappa shape index (κ2) is 6.73. The first kappa shape index (κ1) is 15.3. The number of aromatic nitrogens is 6. The summed E-state index contributed by atoms with van der Waals surface area (Å²) in [7, 11) is 0. The maximum absolute atomic E-state index is 12.0. The van der Waals surface area contributed by atoms with Crippen LogP contribution in [0.4, 0.5) is 0 Å². The van der Waals surface area contributed by atoms with Crippen molar-refractivity contribution in [2.24, 2.45) is 0 Å². The third kappa shape index (κ3) is 3.22. The van der Waals surface area contributed by atoms with Crippen LogP contribution in [0.15, 0.2) is 43.1 Å². The Morgan fingerprint density at radius 1 is 1.24 bits per heavy atom. The number of ether oxygens (including phenoxy) is 1. The first-order chi connectivity index (χ1) is 12.3. The van der Waals surface area contributed by atoms with Gasteiger partial charge in [0.2, 0.25) is 0 Å². The Kier molecular flexibility index (Phi) is 4.13. The molecule has 0 bridgehead atoms. The van der Waals surface area contributed by atoms with Gasteiger partial charge in [0.1, 0.15) is 11.4 Å². The minimum Gasteiger partial charge on any atom is -0.368 e. The van der Waals surface area contributed by atoms with Crippen molar-refractivity contribution in [3.05, 3.63) is 54.5 Å². The Bertz CT molecular complexity index is 867. The summed E-state index contributed by atoms with van der Waals surface area (Å²) >= 11 is 0. The van der Waals surface area contributed by atoms with E-state index in [1.54, 1.807) is 12.4 Å². The molecule has 1 atom stereocenters. The number of pyridine rings is 1. The zero-order valence-corrected chi connectivity index (χ0v) is 13.2.